The van der Waals surface area contributed by atoms with E-state index < -0.39 is 0 Å². The smallest absolute Gasteiger partial charge is 0.134 e. The molecule has 2 atom stereocenters. The van der Waals surface area contributed by atoms with Crippen molar-refractivity contribution in [1.82, 2.24) is 0 Å². The van der Waals surface area contributed by atoms with Gasteiger partial charge in [0.2, 0.25) is 0 Å². The SMILES string of the molecule is CCC(C)SC1CCCC(=O)C1. The highest BCUT2D eigenvalue weighted by atomic mass is 32.2. The van der Waals surface area contributed by atoms with Gasteiger partial charge in [-0.1, -0.05) is 13.8 Å². The Morgan fingerprint density at radius 2 is 2.42 bits per heavy atom. The maximum absolute atomic E-state index is 11.1. The Morgan fingerprint density at radius 1 is 1.67 bits per heavy atom. The third kappa shape index (κ3) is 3.18. The van der Waals surface area contributed by atoms with Crippen molar-refractivity contribution in [3.63, 3.8) is 0 Å². The maximum Gasteiger partial charge on any atom is 0.134 e. The van der Waals surface area contributed by atoms with Crippen LogP contribution in [0.2, 0.25) is 0 Å². The number of thioether (sulfide) groups is 1. The van der Waals surface area contributed by atoms with Gasteiger partial charge in [-0.3, -0.25) is 4.79 Å². The van der Waals surface area contributed by atoms with Crippen LogP contribution < -0.4 is 0 Å². The molecule has 0 bridgehead atoms. The van der Waals surface area contributed by atoms with Crippen LogP contribution in [0.25, 0.3) is 0 Å². The molecule has 2 unspecified atom stereocenters. The van der Waals surface area contributed by atoms with Gasteiger partial charge in [0.25, 0.3) is 0 Å². The summed E-state index contributed by atoms with van der Waals surface area (Å²) in [5, 5.41) is 1.35. The number of rotatable bonds is 3. The molecule has 0 spiro atoms. The van der Waals surface area contributed by atoms with Gasteiger partial charge in [0.05, 0.1) is 0 Å². The summed E-state index contributed by atoms with van der Waals surface area (Å²) in [6.07, 6.45) is 5.25. The predicted molar refractivity (Wildman–Crippen MR) is 54.6 cm³/mol. The van der Waals surface area contributed by atoms with E-state index in [1.54, 1.807) is 0 Å². The summed E-state index contributed by atoms with van der Waals surface area (Å²) in [4.78, 5) is 11.1. The van der Waals surface area contributed by atoms with Crippen molar-refractivity contribution in [2.75, 3.05) is 0 Å². The fourth-order valence-electron chi connectivity index (χ4n) is 1.53. The van der Waals surface area contributed by atoms with Gasteiger partial charge in [-0.2, -0.15) is 11.8 Å². The molecule has 1 aliphatic rings. The normalized spacial score (nSPS) is 27.2. The molecule has 0 aromatic rings. The molecular formula is C10H18OS. The van der Waals surface area contributed by atoms with Crippen molar-refractivity contribution in [3.8, 4) is 0 Å². The Labute approximate surface area is 79.3 Å². The second kappa shape index (κ2) is 4.90. The Balaban J connectivity index is 2.27. The van der Waals surface area contributed by atoms with Crippen LogP contribution in [-0.4, -0.2) is 16.3 Å². The van der Waals surface area contributed by atoms with Crippen molar-refractivity contribution in [3.05, 3.63) is 0 Å². The van der Waals surface area contributed by atoms with Crippen LogP contribution in [-0.2, 0) is 4.79 Å². The van der Waals surface area contributed by atoms with Crippen molar-refractivity contribution in [2.45, 2.75) is 56.5 Å². The molecule has 0 N–H and O–H groups in total. The highest BCUT2D eigenvalue weighted by molar-refractivity contribution is 8.00. The van der Waals surface area contributed by atoms with Gasteiger partial charge < -0.3 is 0 Å². The van der Waals surface area contributed by atoms with Gasteiger partial charge in [-0.05, 0) is 19.3 Å². The summed E-state index contributed by atoms with van der Waals surface area (Å²) in [6, 6.07) is 0. The molecule has 70 valence electrons. The van der Waals surface area contributed by atoms with Crippen LogP contribution >= 0.6 is 11.8 Å². The van der Waals surface area contributed by atoms with E-state index in [0.29, 0.717) is 11.0 Å². The van der Waals surface area contributed by atoms with E-state index in [0.717, 1.165) is 24.5 Å². The van der Waals surface area contributed by atoms with Gasteiger partial charge in [0, 0.05) is 23.3 Å². The summed E-state index contributed by atoms with van der Waals surface area (Å²) >= 11 is 2.00. The Kier molecular flexibility index (Phi) is 4.13. The van der Waals surface area contributed by atoms with Crippen LogP contribution in [0.5, 0.6) is 0 Å². The molecular weight excluding hydrogens is 168 g/mol. The highest BCUT2D eigenvalue weighted by Gasteiger charge is 2.20. The molecule has 2 heteroatoms. The molecule has 0 aromatic heterocycles. The molecule has 0 radical (unpaired) electrons. The van der Waals surface area contributed by atoms with Crippen molar-refractivity contribution < 1.29 is 4.79 Å². The van der Waals surface area contributed by atoms with Crippen LogP contribution in [0.1, 0.15) is 46.0 Å². The fourth-order valence-corrected chi connectivity index (χ4v) is 2.96. The molecule has 1 rings (SSSR count). The van der Waals surface area contributed by atoms with Crippen molar-refractivity contribution in [1.29, 1.82) is 0 Å². The molecule has 1 aliphatic carbocycles. The average molecular weight is 186 g/mol. The lowest BCUT2D eigenvalue weighted by Gasteiger charge is -2.22. The van der Waals surface area contributed by atoms with E-state index in [-0.39, 0.29) is 0 Å². The number of hydrogen-bond donors (Lipinski definition) is 0. The lowest BCUT2D eigenvalue weighted by molar-refractivity contribution is -0.120. The minimum atomic E-state index is 0.474. The van der Waals surface area contributed by atoms with E-state index in [1.807, 2.05) is 11.8 Å². The monoisotopic (exact) mass is 186 g/mol. The summed E-state index contributed by atoms with van der Waals surface area (Å²) in [5.41, 5.74) is 0. The minimum absolute atomic E-state index is 0.474. The fraction of sp³-hybridized carbons (Fsp3) is 0.900. The van der Waals surface area contributed by atoms with E-state index in [9.17, 15) is 4.79 Å². The van der Waals surface area contributed by atoms with Crippen LogP contribution in [0, 0.1) is 0 Å². The van der Waals surface area contributed by atoms with Gasteiger partial charge >= 0.3 is 0 Å². The first kappa shape index (κ1) is 10.1. The first-order valence-corrected chi connectivity index (χ1v) is 5.83. The summed E-state index contributed by atoms with van der Waals surface area (Å²) < 4.78 is 0. The second-order valence-electron chi connectivity index (χ2n) is 3.61. The van der Waals surface area contributed by atoms with Gasteiger partial charge in [-0.25, -0.2) is 0 Å². The van der Waals surface area contributed by atoms with E-state index in [4.69, 9.17) is 0 Å². The van der Waals surface area contributed by atoms with Crippen molar-refractivity contribution in [2.24, 2.45) is 0 Å². The number of Topliss-reactive ketones (excluding diaryl/α,β-unsaturated/α-hetero) is 1. The average Bonchev–Trinajstić information content (AvgIpc) is 2.04. The molecule has 1 nitrogen and oxygen atoms in total. The summed E-state index contributed by atoms with van der Waals surface area (Å²) in [7, 11) is 0. The molecule has 0 aliphatic heterocycles. The first-order chi connectivity index (χ1) is 5.72. The molecule has 0 saturated heterocycles. The van der Waals surface area contributed by atoms with E-state index in [1.165, 1.54) is 12.8 Å². The number of carbonyl (C=O) groups is 1. The van der Waals surface area contributed by atoms with Gasteiger partial charge in [0.1, 0.15) is 5.78 Å². The predicted octanol–water partition coefficient (Wildman–Crippen LogP) is 3.03. The zero-order valence-corrected chi connectivity index (χ0v) is 8.82. The van der Waals surface area contributed by atoms with Crippen LogP contribution in [0.4, 0.5) is 0 Å². The summed E-state index contributed by atoms with van der Waals surface area (Å²) in [5.74, 6) is 0.474. The zero-order valence-electron chi connectivity index (χ0n) is 8.01. The number of ketones is 1. The maximum atomic E-state index is 11.1. The Morgan fingerprint density at radius 3 is 3.00 bits per heavy atom. The van der Waals surface area contributed by atoms with Gasteiger partial charge in [-0.15, -0.1) is 0 Å². The van der Waals surface area contributed by atoms with Crippen LogP contribution in [0.3, 0.4) is 0 Å². The molecule has 12 heavy (non-hydrogen) atoms. The quantitative estimate of drug-likeness (QED) is 0.674. The Bertz CT molecular complexity index is 156. The number of hydrogen-bond acceptors (Lipinski definition) is 2. The van der Waals surface area contributed by atoms with Crippen LogP contribution in [0.15, 0.2) is 0 Å². The third-order valence-corrected chi connectivity index (χ3v) is 4.02. The standard InChI is InChI=1S/C10H18OS/c1-3-8(2)12-10-6-4-5-9(11)7-10/h8,10H,3-7H2,1-2H3. The Hall–Kier alpha value is 0.0200. The van der Waals surface area contributed by atoms with E-state index >= 15 is 0 Å². The minimum Gasteiger partial charge on any atom is -0.300 e. The lowest BCUT2D eigenvalue weighted by Crippen LogP contribution is -2.18. The zero-order chi connectivity index (χ0) is 8.97. The highest BCUT2D eigenvalue weighted by Crippen LogP contribution is 2.30. The first-order valence-electron chi connectivity index (χ1n) is 4.89. The molecule has 0 aromatic carbocycles. The summed E-state index contributed by atoms with van der Waals surface area (Å²) in [6.45, 7) is 4.46. The largest absolute Gasteiger partial charge is 0.300 e. The van der Waals surface area contributed by atoms with Crippen molar-refractivity contribution >= 4 is 17.5 Å². The molecule has 0 heterocycles. The second-order valence-corrected chi connectivity index (χ2v) is 5.36. The molecule has 0 amide bonds. The topological polar surface area (TPSA) is 17.1 Å². The lowest BCUT2D eigenvalue weighted by atomic mass is 9.99. The van der Waals surface area contributed by atoms with E-state index in [2.05, 4.69) is 13.8 Å². The third-order valence-electron chi connectivity index (χ3n) is 2.44. The molecule has 1 fully saturated rings. The van der Waals surface area contributed by atoms with Gasteiger partial charge in [0.15, 0.2) is 0 Å². The molecule has 1 saturated carbocycles. The number of carbonyl (C=O) groups excluding carboxylic acids is 1.